The number of carbonyl (C=O) groups is 3. The Kier molecular flexibility index (Phi) is 5.68. The molecule has 1 aromatic heterocycles. The van der Waals surface area contributed by atoms with Gasteiger partial charge in [0.25, 0.3) is 11.8 Å². The van der Waals surface area contributed by atoms with Crippen molar-refractivity contribution in [2.75, 3.05) is 10.6 Å². The average Bonchev–Trinajstić information content (AvgIpc) is 2.85. The van der Waals surface area contributed by atoms with Crippen LogP contribution < -0.4 is 10.6 Å². The van der Waals surface area contributed by atoms with Crippen LogP contribution >= 0.6 is 11.6 Å². The van der Waals surface area contributed by atoms with Crippen molar-refractivity contribution in [3.8, 4) is 0 Å². The van der Waals surface area contributed by atoms with Gasteiger partial charge in [-0.2, -0.15) is 0 Å². The molecule has 1 unspecified atom stereocenters. The molecule has 156 valence electrons. The Balaban J connectivity index is 1.52. The largest absolute Gasteiger partial charge is 0.324 e. The number of anilines is 2. The lowest BCUT2D eigenvalue weighted by Gasteiger charge is -2.26. The third-order valence-corrected chi connectivity index (χ3v) is 5.29. The van der Waals surface area contributed by atoms with Crippen molar-refractivity contribution in [2.24, 2.45) is 0 Å². The summed E-state index contributed by atoms with van der Waals surface area (Å²) in [5.74, 6) is -0.379. The Morgan fingerprint density at radius 2 is 1.90 bits per heavy atom. The summed E-state index contributed by atoms with van der Waals surface area (Å²) in [5, 5.41) is 5.92. The fraction of sp³-hybridized carbons (Fsp3) is 0.130. The zero-order chi connectivity index (χ0) is 22.0. The molecule has 0 saturated heterocycles. The van der Waals surface area contributed by atoms with Crippen LogP contribution in [0.15, 0.2) is 66.9 Å². The number of aromatic nitrogens is 1. The van der Waals surface area contributed by atoms with Crippen LogP contribution in [0.3, 0.4) is 0 Å². The highest BCUT2D eigenvalue weighted by Crippen LogP contribution is 2.27. The number of nitrogens with one attached hydrogen (secondary N) is 2. The number of benzene rings is 2. The van der Waals surface area contributed by atoms with Gasteiger partial charge in [-0.3, -0.25) is 14.4 Å². The molecule has 3 aromatic rings. The first-order valence-corrected chi connectivity index (χ1v) is 10.0. The number of amides is 3. The third kappa shape index (κ3) is 4.41. The Morgan fingerprint density at radius 1 is 1.13 bits per heavy atom. The summed E-state index contributed by atoms with van der Waals surface area (Å²) < 4.78 is 0. The van der Waals surface area contributed by atoms with Crippen LogP contribution in [0.5, 0.6) is 0 Å². The van der Waals surface area contributed by atoms with Gasteiger partial charge in [0.1, 0.15) is 11.9 Å². The Morgan fingerprint density at radius 3 is 2.61 bits per heavy atom. The van der Waals surface area contributed by atoms with Crippen LogP contribution in [-0.2, 0) is 11.3 Å². The molecule has 4 rings (SSSR count). The maximum Gasteiger partial charge on any atom is 0.256 e. The quantitative estimate of drug-likeness (QED) is 0.650. The first-order valence-electron chi connectivity index (χ1n) is 9.65. The molecule has 0 bridgehead atoms. The van der Waals surface area contributed by atoms with Gasteiger partial charge >= 0.3 is 0 Å². The molecule has 0 fully saturated rings. The van der Waals surface area contributed by atoms with Crippen LogP contribution in [0.25, 0.3) is 0 Å². The number of hydrogen-bond acceptors (Lipinski definition) is 4. The molecule has 0 radical (unpaired) electrons. The third-order valence-electron chi connectivity index (χ3n) is 5.05. The summed E-state index contributed by atoms with van der Waals surface area (Å²) in [6.07, 6.45) is 1.60. The van der Waals surface area contributed by atoms with E-state index in [1.54, 1.807) is 73.8 Å². The number of rotatable bonds is 4. The predicted octanol–water partition coefficient (Wildman–Crippen LogP) is 3.97. The van der Waals surface area contributed by atoms with Crippen LogP contribution in [0.2, 0.25) is 5.02 Å². The van der Waals surface area contributed by atoms with Crippen molar-refractivity contribution in [3.63, 3.8) is 0 Å². The second kappa shape index (κ2) is 8.57. The van der Waals surface area contributed by atoms with Gasteiger partial charge in [0.15, 0.2) is 0 Å². The molecule has 31 heavy (non-hydrogen) atoms. The summed E-state index contributed by atoms with van der Waals surface area (Å²) in [4.78, 5) is 43.6. The average molecular weight is 435 g/mol. The van der Waals surface area contributed by atoms with Gasteiger partial charge in [-0.15, -0.1) is 0 Å². The van der Waals surface area contributed by atoms with E-state index in [2.05, 4.69) is 15.6 Å². The van der Waals surface area contributed by atoms with Crippen LogP contribution in [0.1, 0.15) is 33.2 Å². The van der Waals surface area contributed by atoms with Gasteiger partial charge in [-0.1, -0.05) is 29.8 Å². The van der Waals surface area contributed by atoms with E-state index in [9.17, 15) is 14.4 Å². The summed E-state index contributed by atoms with van der Waals surface area (Å²) in [7, 11) is 0. The lowest BCUT2D eigenvalue weighted by Crippen LogP contribution is -2.42. The van der Waals surface area contributed by atoms with Gasteiger partial charge in [0, 0.05) is 23.3 Å². The van der Waals surface area contributed by atoms with E-state index in [4.69, 9.17) is 11.6 Å². The summed E-state index contributed by atoms with van der Waals surface area (Å²) in [5.41, 5.74) is 2.04. The monoisotopic (exact) mass is 434 g/mol. The van der Waals surface area contributed by atoms with Crippen molar-refractivity contribution >= 4 is 40.8 Å². The topological polar surface area (TPSA) is 91.4 Å². The van der Waals surface area contributed by atoms with E-state index in [1.165, 1.54) is 4.90 Å². The highest BCUT2D eigenvalue weighted by Gasteiger charge is 2.32. The van der Waals surface area contributed by atoms with Crippen molar-refractivity contribution in [1.82, 2.24) is 9.88 Å². The Hall–Kier alpha value is -3.71. The fourth-order valence-corrected chi connectivity index (χ4v) is 3.48. The summed E-state index contributed by atoms with van der Waals surface area (Å²) in [6.45, 7) is 1.90. The minimum absolute atomic E-state index is 0.220. The lowest BCUT2D eigenvalue weighted by atomic mass is 10.1. The number of nitrogens with zero attached hydrogens (tertiary/aromatic N) is 2. The molecule has 1 atom stereocenters. The summed E-state index contributed by atoms with van der Waals surface area (Å²) >= 11 is 6.01. The normalized spacial score (nSPS) is 15.7. The number of hydrogen-bond donors (Lipinski definition) is 2. The van der Waals surface area contributed by atoms with E-state index in [0.717, 1.165) is 5.56 Å². The second-order valence-corrected chi connectivity index (χ2v) is 7.59. The molecule has 0 aliphatic carbocycles. The molecular weight excluding hydrogens is 416 g/mol. The smallest absolute Gasteiger partial charge is 0.256 e. The predicted molar refractivity (Wildman–Crippen MR) is 118 cm³/mol. The molecule has 3 amide bonds. The van der Waals surface area contributed by atoms with Crippen molar-refractivity contribution < 1.29 is 14.4 Å². The van der Waals surface area contributed by atoms with Gasteiger partial charge in [-0.05, 0) is 55.0 Å². The number of fused-ring (bicyclic) bond motifs is 1. The minimum atomic E-state index is -0.675. The first-order chi connectivity index (χ1) is 14.9. The molecule has 2 N–H and O–H groups in total. The van der Waals surface area contributed by atoms with Crippen molar-refractivity contribution in [1.29, 1.82) is 0 Å². The standard InChI is InChI=1S/C23H19ClN4O3/c1-14-21(29)26-19-12-17(24)9-10-18(19)23(31)28(14)13-15-5-7-16(8-6-15)22(30)27-20-4-2-3-11-25-20/h2-12,14H,13H2,1H3,(H,26,29)(H,25,27,30). The zero-order valence-corrected chi connectivity index (χ0v) is 17.4. The molecule has 0 saturated carbocycles. The molecule has 1 aliphatic heterocycles. The zero-order valence-electron chi connectivity index (χ0n) is 16.6. The van der Waals surface area contributed by atoms with Crippen molar-refractivity contribution in [2.45, 2.75) is 19.5 Å². The SMILES string of the molecule is CC1C(=O)Nc2cc(Cl)ccc2C(=O)N1Cc1ccc(C(=O)Nc2ccccn2)cc1. The number of carbonyl (C=O) groups excluding carboxylic acids is 3. The molecule has 7 nitrogen and oxygen atoms in total. The van der Waals surface area contributed by atoms with E-state index in [0.29, 0.717) is 27.7 Å². The molecule has 8 heteroatoms. The molecule has 2 heterocycles. The van der Waals surface area contributed by atoms with Crippen molar-refractivity contribution in [3.05, 3.63) is 88.6 Å². The van der Waals surface area contributed by atoms with Gasteiger partial charge in [-0.25, -0.2) is 4.98 Å². The van der Waals surface area contributed by atoms with Crippen LogP contribution in [0.4, 0.5) is 11.5 Å². The van der Waals surface area contributed by atoms with Gasteiger partial charge in [0.2, 0.25) is 5.91 Å². The molecule has 2 aromatic carbocycles. The van der Waals surface area contributed by atoms with E-state index in [-0.39, 0.29) is 24.3 Å². The Bertz CT molecular complexity index is 1150. The maximum atomic E-state index is 13.1. The number of halogens is 1. The van der Waals surface area contributed by atoms with E-state index in [1.807, 2.05) is 0 Å². The molecular formula is C23H19ClN4O3. The highest BCUT2D eigenvalue weighted by molar-refractivity contribution is 6.31. The van der Waals surface area contributed by atoms with Gasteiger partial charge in [0.05, 0.1) is 11.3 Å². The lowest BCUT2D eigenvalue weighted by molar-refractivity contribution is -0.120. The molecule has 0 spiro atoms. The summed E-state index contributed by atoms with van der Waals surface area (Å²) in [6, 6.07) is 16.2. The Labute approximate surface area is 184 Å². The van der Waals surface area contributed by atoms with E-state index < -0.39 is 6.04 Å². The van der Waals surface area contributed by atoms with Crippen LogP contribution in [-0.4, -0.2) is 33.6 Å². The minimum Gasteiger partial charge on any atom is -0.324 e. The van der Waals surface area contributed by atoms with Crippen LogP contribution in [0, 0.1) is 0 Å². The second-order valence-electron chi connectivity index (χ2n) is 7.15. The number of pyridine rings is 1. The first kappa shape index (κ1) is 20.6. The molecule has 1 aliphatic rings. The maximum absolute atomic E-state index is 13.1. The highest BCUT2D eigenvalue weighted by atomic mass is 35.5. The van der Waals surface area contributed by atoms with Gasteiger partial charge < -0.3 is 15.5 Å². The fourth-order valence-electron chi connectivity index (χ4n) is 3.31. The van der Waals surface area contributed by atoms with E-state index >= 15 is 0 Å².